The molecule has 9 heteroatoms. The molecule has 2 heterocycles. The van der Waals surface area contributed by atoms with Crippen LogP contribution in [0, 0.1) is 17.1 Å². The quantitative estimate of drug-likeness (QED) is 0.749. The number of anilines is 1. The van der Waals surface area contributed by atoms with Crippen LogP contribution < -0.4 is 15.0 Å². The van der Waals surface area contributed by atoms with Crippen molar-refractivity contribution in [2.75, 3.05) is 24.5 Å². The van der Waals surface area contributed by atoms with Crippen LogP contribution in [0.25, 0.3) is 0 Å². The zero-order valence-electron chi connectivity index (χ0n) is 17.5. The highest BCUT2D eigenvalue weighted by Gasteiger charge is 2.31. The molecule has 0 bridgehead atoms. The molecule has 2 aromatic rings. The molecule has 1 aliphatic carbocycles. The fourth-order valence-corrected chi connectivity index (χ4v) is 4.05. The molecule has 0 atom stereocenters. The number of rotatable bonds is 6. The number of benzene rings is 1. The average molecular weight is 437 g/mol. The van der Waals surface area contributed by atoms with Gasteiger partial charge in [0, 0.05) is 37.1 Å². The Morgan fingerprint density at radius 1 is 1.16 bits per heavy atom. The van der Waals surface area contributed by atoms with E-state index in [9.17, 15) is 14.0 Å². The van der Waals surface area contributed by atoms with Crippen LogP contribution >= 0.6 is 0 Å². The predicted octanol–water partition coefficient (Wildman–Crippen LogP) is 2.84. The summed E-state index contributed by atoms with van der Waals surface area (Å²) in [7, 11) is 0. The number of aromatic nitrogens is 1. The van der Waals surface area contributed by atoms with Crippen molar-refractivity contribution in [3.05, 3.63) is 54.0 Å². The Balaban J connectivity index is 1.21. The lowest BCUT2D eigenvalue weighted by Gasteiger charge is -2.29. The number of carbonyl (C=O) groups is 2. The van der Waals surface area contributed by atoms with Gasteiger partial charge in [0.2, 0.25) is 11.8 Å². The summed E-state index contributed by atoms with van der Waals surface area (Å²) in [5, 5.41) is 11.8. The number of amides is 3. The summed E-state index contributed by atoms with van der Waals surface area (Å²) in [5.41, 5.74) is 1.11. The third-order valence-corrected chi connectivity index (χ3v) is 5.76. The van der Waals surface area contributed by atoms with E-state index in [1.807, 2.05) is 6.07 Å². The molecule has 1 saturated carbocycles. The first-order chi connectivity index (χ1) is 15.5. The number of ether oxygens (including phenoxy) is 1. The lowest BCUT2D eigenvalue weighted by Crippen LogP contribution is -2.45. The van der Waals surface area contributed by atoms with Gasteiger partial charge in [-0.1, -0.05) is 0 Å². The highest BCUT2D eigenvalue weighted by atomic mass is 19.1. The minimum Gasteiger partial charge on any atom is -0.474 e. The van der Waals surface area contributed by atoms with E-state index in [1.54, 1.807) is 29.2 Å². The van der Waals surface area contributed by atoms with Gasteiger partial charge in [0.1, 0.15) is 24.5 Å². The minimum atomic E-state index is -0.357. The second kappa shape index (κ2) is 9.64. The summed E-state index contributed by atoms with van der Waals surface area (Å²) in [6.07, 6.45) is 4.64. The number of pyridine rings is 1. The van der Waals surface area contributed by atoms with Crippen molar-refractivity contribution in [2.24, 2.45) is 0 Å². The van der Waals surface area contributed by atoms with Crippen LogP contribution in [0.3, 0.4) is 0 Å². The second-order valence-electron chi connectivity index (χ2n) is 7.99. The van der Waals surface area contributed by atoms with Crippen LogP contribution in [0.4, 0.5) is 14.9 Å². The molecule has 4 rings (SSSR count). The van der Waals surface area contributed by atoms with E-state index in [0.717, 1.165) is 25.7 Å². The van der Waals surface area contributed by atoms with Gasteiger partial charge in [-0.3, -0.25) is 9.69 Å². The topological polar surface area (TPSA) is 98.6 Å². The Hall–Kier alpha value is -3.67. The Bertz CT molecular complexity index is 998. The highest BCUT2D eigenvalue weighted by molar-refractivity contribution is 5.96. The molecule has 0 radical (unpaired) electrons. The van der Waals surface area contributed by atoms with Crippen molar-refractivity contribution in [3.8, 4) is 11.9 Å². The van der Waals surface area contributed by atoms with E-state index in [0.29, 0.717) is 30.2 Å². The number of urea groups is 1. The van der Waals surface area contributed by atoms with Gasteiger partial charge in [-0.15, -0.1) is 0 Å². The fraction of sp³-hybridized carbons (Fsp3) is 0.391. The summed E-state index contributed by atoms with van der Waals surface area (Å²) < 4.78 is 19.0. The molecule has 32 heavy (non-hydrogen) atoms. The van der Waals surface area contributed by atoms with Crippen LogP contribution in [-0.2, 0) is 4.79 Å². The zero-order chi connectivity index (χ0) is 22.5. The van der Waals surface area contributed by atoms with E-state index in [-0.39, 0.29) is 36.4 Å². The van der Waals surface area contributed by atoms with Crippen LogP contribution in [0.15, 0.2) is 42.6 Å². The molecule has 2 fully saturated rings. The van der Waals surface area contributed by atoms with Crippen molar-refractivity contribution in [2.45, 2.75) is 37.8 Å². The molecule has 3 amide bonds. The molecular formula is C23H24FN5O3. The third-order valence-electron chi connectivity index (χ3n) is 5.76. The molecule has 1 aromatic carbocycles. The van der Waals surface area contributed by atoms with Gasteiger partial charge in [0.25, 0.3) is 0 Å². The Labute approximate surface area is 185 Å². The Morgan fingerprint density at radius 2 is 1.91 bits per heavy atom. The first kappa shape index (κ1) is 21.6. The number of halogens is 1. The van der Waals surface area contributed by atoms with E-state index >= 15 is 0 Å². The van der Waals surface area contributed by atoms with Crippen LogP contribution in [-0.4, -0.2) is 53.6 Å². The number of hydrogen-bond acceptors (Lipinski definition) is 5. The number of hydrogen-bond donors (Lipinski definition) is 1. The zero-order valence-corrected chi connectivity index (χ0v) is 17.5. The maximum atomic E-state index is 13.1. The molecule has 166 valence electrons. The van der Waals surface area contributed by atoms with Gasteiger partial charge in [0.05, 0.1) is 5.56 Å². The smallest absolute Gasteiger partial charge is 0.325 e. The predicted molar refractivity (Wildman–Crippen MR) is 114 cm³/mol. The molecule has 1 aromatic heterocycles. The molecule has 1 aliphatic heterocycles. The first-order valence-corrected chi connectivity index (χ1v) is 10.7. The SMILES string of the molecule is N#Cc1ccc(OC2CCC(NC(=O)CN3CCN(c4ccc(F)cc4)C3=O)CC2)nc1. The van der Waals surface area contributed by atoms with Crippen molar-refractivity contribution >= 4 is 17.6 Å². The molecule has 0 spiro atoms. The van der Waals surface area contributed by atoms with Crippen molar-refractivity contribution in [1.82, 2.24) is 15.2 Å². The van der Waals surface area contributed by atoms with Gasteiger partial charge in [-0.05, 0) is 56.0 Å². The first-order valence-electron chi connectivity index (χ1n) is 10.7. The average Bonchev–Trinajstić information content (AvgIpc) is 3.16. The lowest BCUT2D eigenvalue weighted by atomic mass is 9.93. The summed E-state index contributed by atoms with van der Waals surface area (Å²) in [6.45, 7) is 0.910. The molecule has 0 unspecified atom stereocenters. The standard InChI is InChI=1S/C23H24FN5O3/c24-17-2-6-19(7-3-17)29-12-11-28(23(29)31)15-21(30)27-18-4-8-20(9-5-18)32-22-10-1-16(13-25)14-26-22/h1-3,6-7,10,14,18,20H,4-5,8-9,11-12,15H2,(H,27,30). The number of nitrogens with zero attached hydrogens (tertiary/aromatic N) is 4. The monoisotopic (exact) mass is 437 g/mol. The van der Waals surface area contributed by atoms with Crippen molar-refractivity contribution < 1.29 is 18.7 Å². The number of nitriles is 1. The maximum absolute atomic E-state index is 13.1. The van der Waals surface area contributed by atoms with Crippen molar-refractivity contribution in [1.29, 1.82) is 5.26 Å². The summed E-state index contributed by atoms with van der Waals surface area (Å²) in [6, 6.07) is 10.9. The Kier molecular flexibility index (Phi) is 6.50. The van der Waals surface area contributed by atoms with Crippen LogP contribution in [0.2, 0.25) is 0 Å². The number of carbonyl (C=O) groups excluding carboxylic acids is 2. The van der Waals surface area contributed by atoms with Crippen LogP contribution in [0.5, 0.6) is 5.88 Å². The molecule has 2 aliphatic rings. The summed E-state index contributed by atoms with van der Waals surface area (Å²) in [4.78, 5) is 32.3. The fourth-order valence-electron chi connectivity index (χ4n) is 4.05. The summed E-state index contributed by atoms with van der Waals surface area (Å²) >= 11 is 0. The third kappa shape index (κ3) is 5.14. The molecule has 8 nitrogen and oxygen atoms in total. The normalized spacial score (nSPS) is 20.7. The summed E-state index contributed by atoms with van der Waals surface area (Å²) in [5.74, 6) is -0.0444. The van der Waals surface area contributed by atoms with Gasteiger partial charge < -0.3 is 15.0 Å². The maximum Gasteiger partial charge on any atom is 0.325 e. The van der Waals surface area contributed by atoms with Crippen LogP contribution in [0.1, 0.15) is 31.2 Å². The van der Waals surface area contributed by atoms with E-state index in [2.05, 4.69) is 10.3 Å². The van der Waals surface area contributed by atoms with Gasteiger partial charge in [-0.2, -0.15) is 5.26 Å². The number of nitrogens with one attached hydrogen (secondary N) is 1. The van der Waals surface area contributed by atoms with E-state index < -0.39 is 0 Å². The second-order valence-corrected chi connectivity index (χ2v) is 7.99. The molecular weight excluding hydrogens is 413 g/mol. The van der Waals surface area contributed by atoms with E-state index in [1.165, 1.54) is 23.2 Å². The van der Waals surface area contributed by atoms with Gasteiger partial charge in [-0.25, -0.2) is 14.2 Å². The van der Waals surface area contributed by atoms with Gasteiger partial charge in [0.15, 0.2) is 0 Å². The van der Waals surface area contributed by atoms with Gasteiger partial charge >= 0.3 is 6.03 Å². The minimum absolute atomic E-state index is 0.00210. The van der Waals surface area contributed by atoms with E-state index in [4.69, 9.17) is 10.00 Å². The molecule has 1 N–H and O–H groups in total. The Morgan fingerprint density at radius 3 is 2.56 bits per heavy atom. The lowest BCUT2D eigenvalue weighted by molar-refractivity contribution is -0.122. The highest BCUT2D eigenvalue weighted by Crippen LogP contribution is 2.24. The van der Waals surface area contributed by atoms with Crippen molar-refractivity contribution in [3.63, 3.8) is 0 Å². The molecule has 1 saturated heterocycles. The largest absolute Gasteiger partial charge is 0.474 e.